The summed E-state index contributed by atoms with van der Waals surface area (Å²) in [5.41, 5.74) is -1.70. The molecule has 2 rings (SSSR count). The zero-order valence-corrected chi connectivity index (χ0v) is 9.36. The summed E-state index contributed by atoms with van der Waals surface area (Å²) in [6.07, 6.45) is 4.00. The van der Waals surface area contributed by atoms with Gasteiger partial charge in [-0.15, -0.1) is 0 Å². The molecule has 1 N–H and O–H groups in total. The van der Waals surface area contributed by atoms with Gasteiger partial charge in [0.2, 0.25) is 0 Å². The minimum atomic E-state index is -1.01. The Hall–Kier alpha value is -2.71. The molecule has 0 amide bonds. The first kappa shape index (κ1) is 11.8. The molecule has 0 aromatic carbocycles. The van der Waals surface area contributed by atoms with Crippen LogP contribution < -0.4 is 11.2 Å². The monoisotopic (exact) mass is 251 g/mol. The maximum Gasteiger partial charge on any atom is 0.350 e. The van der Waals surface area contributed by atoms with Gasteiger partial charge in [-0.1, -0.05) is 0 Å². The molecule has 0 bridgehead atoms. The van der Waals surface area contributed by atoms with Crippen molar-refractivity contribution in [3.63, 3.8) is 0 Å². The van der Waals surface area contributed by atoms with Gasteiger partial charge in [0.25, 0.3) is 0 Å². The van der Waals surface area contributed by atoms with Crippen LogP contribution in [0.15, 0.2) is 28.3 Å². The summed E-state index contributed by atoms with van der Waals surface area (Å²) >= 11 is 0. The Kier molecular flexibility index (Phi) is 2.80. The van der Waals surface area contributed by atoms with Crippen molar-refractivity contribution in [2.24, 2.45) is 7.05 Å². The van der Waals surface area contributed by atoms with E-state index in [-0.39, 0.29) is 6.54 Å². The lowest BCUT2D eigenvalue weighted by Gasteiger charge is -2.04. The molecule has 9 nitrogen and oxygen atoms in total. The smallest absolute Gasteiger partial charge is 0.336 e. The molecular weight excluding hydrogens is 242 g/mol. The molecule has 0 aliphatic rings. The highest BCUT2D eigenvalue weighted by atomic mass is 16.6. The molecule has 0 saturated carbocycles. The number of hydrogen-bond donors (Lipinski definition) is 1. The lowest BCUT2D eigenvalue weighted by Crippen LogP contribution is -2.31. The van der Waals surface area contributed by atoms with Gasteiger partial charge in [0.05, 0.1) is 29.7 Å². The first-order valence-corrected chi connectivity index (χ1v) is 4.92. The van der Waals surface area contributed by atoms with E-state index in [1.807, 2.05) is 4.98 Å². The Labute approximate surface area is 99.5 Å². The third-order valence-electron chi connectivity index (χ3n) is 2.44. The molecule has 0 saturated heterocycles. The van der Waals surface area contributed by atoms with Gasteiger partial charge in [-0.2, -0.15) is 0 Å². The fourth-order valence-corrected chi connectivity index (χ4v) is 1.46. The third kappa shape index (κ3) is 2.05. The molecule has 0 aliphatic heterocycles. The van der Waals surface area contributed by atoms with E-state index >= 15 is 0 Å². The number of nitrogens with zero attached hydrogens (tertiary/aromatic N) is 4. The van der Waals surface area contributed by atoms with Crippen molar-refractivity contribution in [1.29, 1.82) is 0 Å². The van der Waals surface area contributed by atoms with Gasteiger partial charge in [0, 0.05) is 13.2 Å². The largest absolute Gasteiger partial charge is 0.350 e. The minimum absolute atomic E-state index is 0.0902. The summed E-state index contributed by atoms with van der Waals surface area (Å²) in [7, 11) is 1.73. The van der Waals surface area contributed by atoms with Crippen molar-refractivity contribution in [3.8, 4) is 0 Å². The average Bonchev–Trinajstić information content (AvgIpc) is 2.67. The molecule has 2 aromatic heterocycles. The highest BCUT2D eigenvalue weighted by Gasteiger charge is 2.15. The molecule has 9 heteroatoms. The van der Waals surface area contributed by atoms with Gasteiger partial charge in [-0.25, -0.2) is 9.78 Å². The van der Waals surface area contributed by atoms with Crippen LogP contribution in [0.1, 0.15) is 5.69 Å². The molecule has 2 heterocycles. The number of nitrogens with one attached hydrogen (secondary N) is 1. The Bertz CT molecular complexity index is 710. The molecule has 0 spiro atoms. The van der Waals surface area contributed by atoms with Crippen molar-refractivity contribution < 1.29 is 4.92 Å². The molecule has 0 radical (unpaired) electrons. The Morgan fingerprint density at radius 2 is 2.22 bits per heavy atom. The fraction of sp³-hybridized carbons (Fsp3) is 0.222. The van der Waals surface area contributed by atoms with Crippen LogP contribution in [0.2, 0.25) is 0 Å². The number of aryl methyl sites for hydroxylation is 1. The first-order chi connectivity index (χ1) is 8.49. The zero-order chi connectivity index (χ0) is 13.3. The van der Waals surface area contributed by atoms with E-state index in [1.165, 1.54) is 6.20 Å². The van der Waals surface area contributed by atoms with Crippen molar-refractivity contribution in [2.45, 2.75) is 6.54 Å². The van der Waals surface area contributed by atoms with Crippen LogP contribution in [0, 0.1) is 10.1 Å². The van der Waals surface area contributed by atoms with Gasteiger partial charge in [0.15, 0.2) is 0 Å². The molecule has 18 heavy (non-hydrogen) atoms. The van der Waals surface area contributed by atoms with E-state index in [4.69, 9.17) is 0 Å². The summed E-state index contributed by atoms with van der Waals surface area (Å²) in [5.74, 6) is 0. The number of aromatic nitrogens is 4. The van der Waals surface area contributed by atoms with Crippen LogP contribution in [0.5, 0.6) is 0 Å². The second-order valence-electron chi connectivity index (χ2n) is 3.65. The van der Waals surface area contributed by atoms with Crippen LogP contribution in [-0.4, -0.2) is 24.0 Å². The van der Waals surface area contributed by atoms with Crippen LogP contribution >= 0.6 is 0 Å². The summed E-state index contributed by atoms with van der Waals surface area (Å²) in [6.45, 7) is 0.0902. The average molecular weight is 251 g/mol. The molecule has 0 atom stereocenters. The van der Waals surface area contributed by atoms with E-state index in [1.54, 1.807) is 17.9 Å². The van der Waals surface area contributed by atoms with E-state index in [0.29, 0.717) is 5.69 Å². The van der Waals surface area contributed by atoms with Gasteiger partial charge in [-0.05, 0) is 0 Å². The predicted octanol–water partition coefficient (Wildman–Crippen LogP) is -0.773. The lowest BCUT2D eigenvalue weighted by molar-refractivity contribution is -0.386. The molecule has 2 aromatic rings. The van der Waals surface area contributed by atoms with E-state index in [9.17, 15) is 19.7 Å². The second-order valence-corrected chi connectivity index (χ2v) is 3.65. The number of imidazole rings is 1. The fourth-order valence-electron chi connectivity index (χ4n) is 1.46. The molecule has 94 valence electrons. The molecule has 0 unspecified atom stereocenters. The normalized spacial score (nSPS) is 10.5. The Morgan fingerprint density at radius 1 is 1.50 bits per heavy atom. The topological polar surface area (TPSA) is 116 Å². The van der Waals surface area contributed by atoms with E-state index < -0.39 is 21.9 Å². The van der Waals surface area contributed by atoms with Crippen molar-refractivity contribution in [1.82, 2.24) is 19.1 Å². The van der Waals surface area contributed by atoms with Crippen molar-refractivity contribution in [3.05, 3.63) is 55.4 Å². The molecule has 0 fully saturated rings. The number of hydrogen-bond acceptors (Lipinski definition) is 5. The van der Waals surface area contributed by atoms with Gasteiger partial charge < -0.3 is 4.57 Å². The molecular formula is C9H9N5O4. The summed E-state index contributed by atoms with van der Waals surface area (Å²) in [6, 6.07) is 0. The van der Waals surface area contributed by atoms with E-state index in [2.05, 4.69) is 4.98 Å². The Balaban J connectivity index is 2.49. The maximum atomic E-state index is 11.5. The summed E-state index contributed by atoms with van der Waals surface area (Å²) in [4.78, 5) is 38.2. The van der Waals surface area contributed by atoms with Gasteiger partial charge >= 0.3 is 16.9 Å². The number of aromatic amines is 1. The first-order valence-electron chi connectivity index (χ1n) is 4.92. The molecule has 0 aliphatic carbocycles. The highest BCUT2D eigenvalue weighted by molar-refractivity contribution is 5.21. The van der Waals surface area contributed by atoms with Crippen LogP contribution in [-0.2, 0) is 13.6 Å². The van der Waals surface area contributed by atoms with Gasteiger partial charge in [-0.3, -0.25) is 24.5 Å². The summed E-state index contributed by atoms with van der Waals surface area (Å²) < 4.78 is 2.72. The Morgan fingerprint density at radius 3 is 2.78 bits per heavy atom. The van der Waals surface area contributed by atoms with Gasteiger partial charge in [0.1, 0.15) is 0 Å². The second kappa shape index (κ2) is 4.28. The van der Waals surface area contributed by atoms with Crippen LogP contribution in [0.4, 0.5) is 5.69 Å². The van der Waals surface area contributed by atoms with Crippen molar-refractivity contribution >= 4 is 5.69 Å². The minimum Gasteiger partial charge on any atom is -0.336 e. The van der Waals surface area contributed by atoms with Crippen molar-refractivity contribution in [2.75, 3.05) is 0 Å². The number of nitro groups is 1. The number of rotatable bonds is 3. The maximum absolute atomic E-state index is 11.5. The van der Waals surface area contributed by atoms with Crippen LogP contribution in [0.3, 0.4) is 0 Å². The summed E-state index contributed by atoms with van der Waals surface area (Å²) in [5, 5.41) is 10.6. The zero-order valence-electron chi connectivity index (χ0n) is 9.36. The standard InChI is InChI=1S/C9H9N5O4/c1-12-5-10-2-6(12)3-13-4-7(14(17)18)8(15)11-9(13)16/h2,4-5H,3H2,1H3,(H,11,15,16). The SMILES string of the molecule is Cn1cncc1Cn1cc([N+](=O)[O-])c(=O)[nH]c1=O. The van der Waals surface area contributed by atoms with Crippen LogP contribution in [0.25, 0.3) is 0 Å². The highest BCUT2D eigenvalue weighted by Crippen LogP contribution is 2.02. The third-order valence-corrected chi connectivity index (χ3v) is 2.44. The quantitative estimate of drug-likeness (QED) is 0.567. The van der Waals surface area contributed by atoms with E-state index in [0.717, 1.165) is 10.8 Å². The lowest BCUT2D eigenvalue weighted by atomic mass is 10.4. The number of H-pyrrole nitrogens is 1. The predicted molar refractivity (Wildman–Crippen MR) is 60.3 cm³/mol.